The number of carbonyl (C=O) groups is 2. The van der Waals surface area contributed by atoms with Gasteiger partial charge in [-0.2, -0.15) is 5.10 Å². The number of aromatic nitrogens is 2. The molecule has 2 N–H and O–H groups in total. The molecule has 29 heavy (non-hydrogen) atoms. The van der Waals surface area contributed by atoms with Crippen LogP contribution in [0, 0.1) is 5.92 Å². The topological polar surface area (TPSA) is 78.1 Å². The van der Waals surface area contributed by atoms with Crippen molar-refractivity contribution in [3.8, 4) is 0 Å². The normalized spacial score (nSPS) is 18.5. The van der Waals surface area contributed by atoms with Gasteiger partial charge in [0.05, 0.1) is 5.69 Å². The van der Waals surface area contributed by atoms with Crippen molar-refractivity contribution in [2.24, 2.45) is 5.92 Å². The Labute approximate surface area is 170 Å². The van der Waals surface area contributed by atoms with Crippen LogP contribution < -0.4 is 10.2 Å². The number of benzene rings is 2. The average Bonchev–Trinajstić information content (AvgIpc) is 3.13. The lowest BCUT2D eigenvalue weighted by Crippen LogP contribution is -2.44. The van der Waals surface area contributed by atoms with Gasteiger partial charge in [-0.1, -0.05) is 50.2 Å². The molecule has 1 aliphatic carbocycles. The standard InChI is InChI=1S/C23H26N4O2/c1-14(2)23(29)24-18-11-17(12-18)20-13-22(26-25-20)27(15(3)28)21-10-6-8-16-7-4-5-9-19(16)21/h4-10,13-14,17-18H,11-12H2,1-3H3,(H,24,29)(H,25,26). The van der Waals surface area contributed by atoms with Crippen LogP contribution in [0.4, 0.5) is 11.5 Å². The lowest BCUT2D eigenvalue weighted by Gasteiger charge is -2.35. The highest BCUT2D eigenvalue weighted by Gasteiger charge is 2.33. The van der Waals surface area contributed by atoms with Crippen molar-refractivity contribution in [3.05, 3.63) is 54.2 Å². The predicted octanol–water partition coefficient (Wildman–Crippen LogP) is 4.27. The molecule has 0 saturated heterocycles. The monoisotopic (exact) mass is 390 g/mol. The van der Waals surface area contributed by atoms with Crippen molar-refractivity contribution >= 4 is 34.1 Å². The third kappa shape index (κ3) is 3.75. The first-order chi connectivity index (χ1) is 13.9. The first-order valence-electron chi connectivity index (χ1n) is 10.1. The minimum atomic E-state index is -0.0879. The van der Waals surface area contributed by atoms with Crippen molar-refractivity contribution in [2.45, 2.75) is 45.6 Å². The van der Waals surface area contributed by atoms with E-state index in [1.54, 1.807) is 11.8 Å². The molecule has 0 spiro atoms. The van der Waals surface area contributed by atoms with E-state index in [-0.39, 0.29) is 23.8 Å². The van der Waals surface area contributed by atoms with E-state index in [0.29, 0.717) is 11.7 Å². The third-order valence-electron chi connectivity index (χ3n) is 5.58. The van der Waals surface area contributed by atoms with E-state index in [2.05, 4.69) is 15.5 Å². The molecule has 1 aromatic heterocycles. The number of hydrogen-bond acceptors (Lipinski definition) is 3. The van der Waals surface area contributed by atoms with E-state index in [1.165, 1.54) is 0 Å². The molecule has 6 nitrogen and oxygen atoms in total. The Morgan fingerprint density at radius 2 is 1.86 bits per heavy atom. The summed E-state index contributed by atoms with van der Waals surface area (Å²) in [6.45, 7) is 5.35. The molecule has 1 aliphatic rings. The molecule has 2 aromatic carbocycles. The van der Waals surface area contributed by atoms with E-state index >= 15 is 0 Å². The molecule has 1 fully saturated rings. The fourth-order valence-corrected chi connectivity index (χ4v) is 3.86. The van der Waals surface area contributed by atoms with Gasteiger partial charge in [0.1, 0.15) is 0 Å². The number of hydrogen-bond donors (Lipinski definition) is 2. The van der Waals surface area contributed by atoms with Crippen molar-refractivity contribution in [1.29, 1.82) is 0 Å². The molecule has 0 radical (unpaired) electrons. The van der Waals surface area contributed by atoms with Gasteiger partial charge in [-0.25, -0.2) is 0 Å². The van der Waals surface area contributed by atoms with Crippen LogP contribution in [0.25, 0.3) is 10.8 Å². The van der Waals surface area contributed by atoms with Crippen molar-refractivity contribution < 1.29 is 9.59 Å². The third-order valence-corrected chi connectivity index (χ3v) is 5.58. The quantitative estimate of drug-likeness (QED) is 0.683. The maximum atomic E-state index is 12.5. The molecule has 1 heterocycles. The summed E-state index contributed by atoms with van der Waals surface area (Å²) in [4.78, 5) is 26.0. The summed E-state index contributed by atoms with van der Waals surface area (Å²) in [6.07, 6.45) is 1.77. The van der Waals surface area contributed by atoms with E-state index in [9.17, 15) is 9.59 Å². The van der Waals surface area contributed by atoms with Gasteiger partial charge >= 0.3 is 0 Å². The summed E-state index contributed by atoms with van der Waals surface area (Å²) in [5.41, 5.74) is 1.82. The number of amides is 2. The van der Waals surface area contributed by atoms with Crippen LogP contribution in [0.5, 0.6) is 0 Å². The highest BCUT2D eigenvalue weighted by Crippen LogP contribution is 2.38. The van der Waals surface area contributed by atoms with E-state index in [1.807, 2.05) is 62.4 Å². The first kappa shape index (κ1) is 19.2. The minimum Gasteiger partial charge on any atom is -0.353 e. The molecule has 0 atom stereocenters. The van der Waals surface area contributed by atoms with E-state index < -0.39 is 0 Å². The molecule has 0 aliphatic heterocycles. The molecule has 150 valence electrons. The minimum absolute atomic E-state index is 0.00220. The predicted molar refractivity (Wildman–Crippen MR) is 114 cm³/mol. The van der Waals surface area contributed by atoms with Crippen LogP contribution in [0.15, 0.2) is 48.5 Å². The van der Waals surface area contributed by atoms with Crippen LogP contribution in [0.3, 0.4) is 0 Å². The highest BCUT2D eigenvalue weighted by atomic mass is 16.2. The number of fused-ring (bicyclic) bond motifs is 1. The number of aromatic amines is 1. The van der Waals surface area contributed by atoms with Crippen LogP contribution >= 0.6 is 0 Å². The summed E-state index contributed by atoms with van der Waals surface area (Å²) >= 11 is 0. The van der Waals surface area contributed by atoms with E-state index in [0.717, 1.165) is 35.0 Å². The second-order valence-electron chi connectivity index (χ2n) is 8.06. The molecule has 1 saturated carbocycles. The molecule has 6 heteroatoms. The maximum Gasteiger partial charge on any atom is 0.229 e. The van der Waals surface area contributed by atoms with E-state index in [4.69, 9.17) is 0 Å². The molecule has 0 bridgehead atoms. The summed E-state index contributed by atoms with van der Waals surface area (Å²) in [5, 5.41) is 12.7. The number of nitrogens with zero attached hydrogens (tertiary/aromatic N) is 2. The van der Waals surface area contributed by atoms with Gasteiger partial charge in [-0.3, -0.25) is 19.6 Å². The number of carbonyl (C=O) groups excluding carboxylic acids is 2. The van der Waals surface area contributed by atoms with Crippen molar-refractivity contribution in [1.82, 2.24) is 15.5 Å². The summed E-state index contributed by atoms with van der Waals surface area (Å²) < 4.78 is 0. The number of nitrogens with one attached hydrogen (secondary N) is 2. The van der Waals surface area contributed by atoms with Crippen LogP contribution in [0.1, 0.15) is 45.2 Å². The smallest absolute Gasteiger partial charge is 0.229 e. The molecule has 2 amide bonds. The van der Waals surface area contributed by atoms with Crippen molar-refractivity contribution in [3.63, 3.8) is 0 Å². The second-order valence-corrected chi connectivity index (χ2v) is 8.06. The van der Waals surface area contributed by atoms with Gasteiger partial charge in [-0.05, 0) is 24.3 Å². The molecular formula is C23H26N4O2. The van der Waals surface area contributed by atoms with Gasteiger partial charge in [-0.15, -0.1) is 0 Å². The largest absolute Gasteiger partial charge is 0.353 e. The Morgan fingerprint density at radius 3 is 2.59 bits per heavy atom. The van der Waals surface area contributed by atoms with Crippen LogP contribution in [-0.2, 0) is 9.59 Å². The second kappa shape index (κ2) is 7.70. The molecular weight excluding hydrogens is 364 g/mol. The van der Waals surface area contributed by atoms with Crippen LogP contribution in [0.2, 0.25) is 0 Å². The fourth-order valence-electron chi connectivity index (χ4n) is 3.86. The Kier molecular flexibility index (Phi) is 5.09. The lowest BCUT2D eigenvalue weighted by atomic mass is 9.78. The fraction of sp³-hybridized carbons (Fsp3) is 0.348. The van der Waals surface area contributed by atoms with Crippen molar-refractivity contribution in [2.75, 3.05) is 4.90 Å². The summed E-state index contributed by atoms with van der Waals surface area (Å²) in [7, 11) is 0. The van der Waals surface area contributed by atoms with Gasteiger partial charge in [0, 0.05) is 41.9 Å². The van der Waals surface area contributed by atoms with Gasteiger partial charge in [0.25, 0.3) is 0 Å². The Balaban J connectivity index is 1.55. The Hall–Kier alpha value is -3.15. The zero-order valence-corrected chi connectivity index (χ0v) is 17.0. The van der Waals surface area contributed by atoms with Gasteiger partial charge < -0.3 is 5.32 Å². The maximum absolute atomic E-state index is 12.5. The molecule has 0 unspecified atom stereocenters. The summed E-state index contributed by atoms with van der Waals surface area (Å²) in [6, 6.07) is 16.1. The average molecular weight is 390 g/mol. The lowest BCUT2D eigenvalue weighted by molar-refractivity contribution is -0.125. The van der Waals surface area contributed by atoms with Gasteiger partial charge in [0.15, 0.2) is 5.82 Å². The first-order valence-corrected chi connectivity index (χ1v) is 10.1. The number of rotatable bonds is 5. The Bertz CT molecular complexity index is 1040. The Morgan fingerprint density at radius 1 is 1.14 bits per heavy atom. The number of anilines is 2. The zero-order valence-electron chi connectivity index (χ0n) is 17.0. The van der Waals surface area contributed by atoms with Gasteiger partial charge in [0.2, 0.25) is 11.8 Å². The van der Waals surface area contributed by atoms with Crippen LogP contribution in [-0.4, -0.2) is 28.1 Å². The molecule has 3 aromatic rings. The highest BCUT2D eigenvalue weighted by molar-refractivity contribution is 6.06. The SMILES string of the molecule is CC(=O)N(c1cc(C2CC(NC(=O)C(C)C)C2)[nH]n1)c1cccc2ccccc12. The molecule has 4 rings (SSSR count). The summed E-state index contributed by atoms with van der Waals surface area (Å²) in [5.74, 6) is 0.915. The number of H-pyrrole nitrogens is 1. The zero-order chi connectivity index (χ0) is 20.5.